The average Bonchev–Trinajstić information content (AvgIpc) is 3.24. The molecule has 4 rings (SSSR count). The Balaban J connectivity index is 1.53. The van der Waals surface area contributed by atoms with Gasteiger partial charge < -0.3 is 5.32 Å². The van der Waals surface area contributed by atoms with Crippen LogP contribution in [-0.4, -0.2) is 42.5 Å². The van der Waals surface area contributed by atoms with Crippen LogP contribution in [0.3, 0.4) is 0 Å². The van der Waals surface area contributed by atoms with E-state index in [4.69, 9.17) is 0 Å². The minimum atomic E-state index is 0.793. The average molecular weight is 389 g/mol. The van der Waals surface area contributed by atoms with Crippen LogP contribution in [0.15, 0.2) is 23.5 Å². The number of fused-ring (bicyclic) bond motifs is 1. The van der Waals surface area contributed by atoms with Crippen molar-refractivity contribution in [1.82, 2.24) is 23.6 Å². The van der Waals surface area contributed by atoms with Crippen LogP contribution in [0.4, 0.5) is 10.8 Å². The molecule has 0 radical (unpaired) electrons. The number of nitrogens with zero attached hydrogens (tertiary/aromatic N) is 5. The number of aryl methyl sites for hydroxylation is 1. The van der Waals surface area contributed by atoms with Crippen LogP contribution in [0.2, 0.25) is 0 Å². The van der Waals surface area contributed by atoms with Crippen molar-refractivity contribution in [1.29, 1.82) is 0 Å². The molecule has 1 saturated heterocycles. The van der Waals surface area contributed by atoms with E-state index in [9.17, 15) is 0 Å². The van der Waals surface area contributed by atoms with E-state index in [1.165, 1.54) is 43.9 Å². The van der Waals surface area contributed by atoms with Crippen LogP contribution in [-0.2, 0) is 6.54 Å². The normalized spacial score (nSPS) is 15.6. The molecule has 0 aromatic carbocycles. The number of aromatic nitrogens is 4. The van der Waals surface area contributed by atoms with Gasteiger partial charge in [0.15, 0.2) is 11.5 Å². The van der Waals surface area contributed by atoms with Crippen LogP contribution in [0.1, 0.15) is 37.6 Å². The van der Waals surface area contributed by atoms with E-state index in [0.29, 0.717) is 0 Å². The number of thioether (sulfide) groups is 1. The second kappa shape index (κ2) is 7.94. The number of anilines is 2. The Morgan fingerprint density at radius 2 is 2.12 bits per heavy atom. The molecule has 0 unspecified atom stereocenters. The summed E-state index contributed by atoms with van der Waals surface area (Å²) in [6, 6.07) is 2.14. The predicted molar refractivity (Wildman–Crippen MR) is 109 cm³/mol. The fourth-order valence-electron chi connectivity index (χ4n) is 3.33. The number of likely N-dealkylation sites (tertiary alicyclic amines) is 1. The summed E-state index contributed by atoms with van der Waals surface area (Å²) in [5, 5.41) is 5.60. The molecule has 0 bridgehead atoms. The summed E-state index contributed by atoms with van der Waals surface area (Å²) in [7, 11) is 0. The number of nitrogens with one attached hydrogen (secondary N) is 1. The van der Waals surface area contributed by atoms with Crippen molar-refractivity contribution < 1.29 is 0 Å². The van der Waals surface area contributed by atoms with Gasteiger partial charge in [0.2, 0.25) is 0 Å². The number of hydrogen-bond acceptors (Lipinski definition) is 7. The highest BCUT2D eigenvalue weighted by Crippen LogP contribution is 2.27. The van der Waals surface area contributed by atoms with Crippen molar-refractivity contribution in [3.8, 4) is 0 Å². The van der Waals surface area contributed by atoms with Crippen LogP contribution in [0, 0.1) is 6.92 Å². The lowest BCUT2D eigenvalue weighted by Gasteiger charge is -2.25. The summed E-state index contributed by atoms with van der Waals surface area (Å²) < 4.78 is 6.74. The van der Waals surface area contributed by atoms with Gasteiger partial charge in [-0.05, 0) is 56.2 Å². The second-order valence-electron chi connectivity index (χ2n) is 6.60. The lowest BCUT2D eigenvalue weighted by Crippen LogP contribution is -2.29. The summed E-state index contributed by atoms with van der Waals surface area (Å²) in [4.78, 5) is 11.7. The molecule has 0 spiro atoms. The standard InChI is InChI=1S/C18H24N6S2/c1-3-25-16-10-19-18-17(20-13(2)11-24(16)18)21-15-9-14(22-26-15)12-23-7-5-4-6-8-23/h9-11H,3-8,12H2,1-2H3,(H,20,21). The Hall–Kier alpha value is -1.64. The number of rotatable bonds is 6. The van der Waals surface area contributed by atoms with Gasteiger partial charge in [-0.3, -0.25) is 9.30 Å². The quantitative estimate of drug-likeness (QED) is 0.634. The maximum absolute atomic E-state index is 4.66. The largest absolute Gasteiger partial charge is 0.328 e. The fraction of sp³-hybridized carbons (Fsp3) is 0.500. The van der Waals surface area contributed by atoms with Gasteiger partial charge >= 0.3 is 0 Å². The lowest BCUT2D eigenvalue weighted by atomic mass is 10.1. The van der Waals surface area contributed by atoms with Gasteiger partial charge in [-0.15, -0.1) is 11.8 Å². The smallest absolute Gasteiger partial charge is 0.181 e. The second-order valence-corrected chi connectivity index (χ2v) is 8.69. The highest BCUT2D eigenvalue weighted by Gasteiger charge is 2.14. The van der Waals surface area contributed by atoms with Crippen LogP contribution < -0.4 is 5.32 Å². The maximum atomic E-state index is 4.66. The van der Waals surface area contributed by atoms with E-state index < -0.39 is 0 Å². The first-order valence-electron chi connectivity index (χ1n) is 9.15. The van der Waals surface area contributed by atoms with E-state index in [2.05, 4.69) is 41.9 Å². The lowest BCUT2D eigenvalue weighted by molar-refractivity contribution is 0.219. The van der Waals surface area contributed by atoms with Gasteiger partial charge in [-0.25, -0.2) is 9.97 Å². The molecule has 1 aliphatic heterocycles. The van der Waals surface area contributed by atoms with E-state index >= 15 is 0 Å². The van der Waals surface area contributed by atoms with Crippen molar-refractivity contribution in [2.45, 2.75) is 44.7 Å². The first-order chi connectivity index (χ1) is 12.7. The van der Waals surface area contributed by atoms with Gasteiger partial charge in [0.25, 0.3) is 0 Å². The van der Waals surface area contributed by atoms with E-state index in [-0.39, 0.29) is 0 Å². The van der Waals surface area contributed by atoms with Crippen LogP contribution in [0.25, 0.3) is 5.65 Å². The van der Waals surface area contributed by atoms with Crippen LogP contribution >= 0.6 is 23.3 Å². The summed E-state index contributed by atoms with van der Waals surface area (Å²) in [6.07, 6.45) is 7.93. The fourth-order valence-corrected chi connectivity index (χ4v) is 4.69. The molecule has 3 aromatic heterocycles. The zero-order valence-corrected chi connectivity index (χ0v) is 16.9. The Labute approximate surface area is 162 Å². The number of hydrogen-bond donors (Lipinski definition) is 1. The third kappa shape index (κ3) is 3.87. The topological polar surface area (TPSA) is 58.4 Å². The third-order valence-electron chi connectivity index (χ3n) is 4.51. The monoisotopic (exact) mass is 388 g/mol. The highest BCUT2D eigenvalue weighted by atomic mass is 32.2. The molecule has 26 heavy (non-hydrogen) atoms. The van der Waals surface area contributed by atoms with E-state index in [1.54, 1.807) is 11.8 Å². The van der Waals surface area contributed by atoms with Gasteiger partial charge in [0.1, 0.15) is 5.00 Å². The highest BCUT2D eigenvalue weighted by molar-refractivity contribution is 7.99. The molecule has 1 aliphatic rings. The minimum absolute atomic E-state index is 0.793. The molecular formula is C18H24N6S2. The van der Waals surface area contributed by atoms with Crippen molar-refractivity contribution in [3.05, 3.63) is 29.8 Å². The number of piperidine rings is 1. The first kappa shape index (κ1) is 17.8. The Kier molecular flexibility index (Phi) is 5.42. The summed E-state index contributed by atoms with van der Waals surface area (Å²) in [5.74, 6) is 1.81. The van der Waals surface area contributed by atoms with Gasteiger partial charge in [-0.2, -0.15) is 4.37 Å². The van der Waals surface area contributed by atoms with Crippen molar-refractivity contribution in [3.63, 3.8) is 0 Å². The number of imidazole rings is 1. The Bertz CT molecular complexity index is 881. The summed E-state index contributed by atoms with van der Waals surface area (Å²) >= 11 is 3.28. The molecule has 4 heterocycles. The SMILES string of the molecule is CCSc1cnc2c(Nc3cc(CN4CCCCC4)ns3)nc(C)cn12. The van der Waals surface area contributed by atoms with Gasteiger partial charge in [0, 0.05) is 12.7 Å². The van der Waals surface area contributed by atoms with Crippen molar-refractivity contribution in [2.24, 2.45) is 0 Å². The first-order valence-corrected chi connectivity index (χ1v) is 10.9. The van der Waals surface area contributed by atoms with E-state index in [0.717, 1.165) is 45.2 Å². The molecular weight excluding hydrogens is 364 g/mol. The molecule has 1 N–H and O–H groups in total. The minimum Gasteiger partial charge on any atom is -0.328 e. The summed E-state index contributed by atoms with van der Waals surface area (Å²) in [6.45, 7) is 7.48. The van der Waals surface area contributed by atoms with Crippen molar-refractivity contribution >= 4 is 39.8 Å². The van der Waals surface area contributed by atoms with Crippen LogP contribution in [0.5, 0.6) is 0 Å². The molecule has 8 heteroatoms. The Morgan fingerprint density at radius 3 is 2.92 bits per heavy atom. The molecule has 1 fully saturated rings. The van der Waals surface area contributed by atoms with E-state index in [1.807, 2.05) is 19.3 Å². The van der Waals surface area contributed by atoms with Gasteiger partial charge in [0.05, 0.1) is 22.6 Å². The van der Waals surface area contributed by atoms with Crippen molar-refractivity contribution in [2.75, 3.05) is 24.2 Å². The zero-order valence-electron chi connectivity index (χ0n) is 15.2. The van der Waals surface area contributed by atoms with Gasteiger partial charge in [-0.1, -0.05) is 13.3 Å². The molecule has 3 aromatic rings. The molecule has 0 aliphatic carbocycles. The maximum Gasteiger partial charge on any atom is 0.181 e. The predicted octanol–water partition coefficient (Wildman–Crippen LogP) is 4.34. The zero-order chi connectivity index (χ0) is 17.9. The molecule has 138 valence electrons. The Morgan fingerprint density at radius 1 is 1.27 bits per heavy atom. The molecule has 0 saturated carbocycles. The summed E-state index contributed by atoms with van der Waals surface area (Å²) in [5.41, 5.74) is 2.96. The molecule has 0 atom stereocenters. The third-order valence-corrected chi connectivity index (χ3v) is 6.13. The molecule has 0 amide bonds. The molecule has 6 nitrogen and oxygen atoms in total.